The molecule has 1 atom stereocenters. The van der Waals surface area contributed by atoms with Crippen LogP contribution in [0.15, 0.2) is 34.9 Å². The van der Waals surface area contributed by atoms with E-state index in [9.17, 15) is 4.79 Å². The monoisotopic (exact) mass is 405 g/mol. The topological polar surface area (TPSA) is 67.6 Å². The van der Waals surface area contributed by atoms with Crippen LogP contribution in [0, 0.1) is 5.92 Å². The van der Waals surface area contributed by atoms with E-state index in [1.807, 2.05) is 24.3 Å². The first-order valence-corrected chi connectivity index (χ1v) is 10.2. The highest BCUT2D eigenvalue weighted by atomic mass is 35.5. The molecule has 0 radical (unpaired) electrons. The maximum Gasteiger partial charge on any atom is 0.220 e. The number of nitrogens with zero attached hydrogens (tertiary/aromatic N) is 2. The summed E-state index contributed by atoms with van der Waals surface area (Å²) in [7, 11) is 0. The van der Waals surface area contributed by atoms with Gasteiger partial charge in [0.2, 0.25) is 5.91 Å². The molecule has 0 bridgehead atoms. The second kappa shape index (κ2) is 10.0. The fourth-order valence-corrected chi connectivity index (χ4v) is 3.56. The Bertz CT molecular complexity index is 778. The van der Waals surface area contributed by atoms with Crippen LogP contribution in [-0.2, 0) is 16.0 Å². The molecule has 28 heavy (non-hydrogen) atoms. The minimum Gasteiger partial charge on any atom is -0.441 e. The molecule has 0 saturated carbocycles. The smallest absolute Gasteiger partial charge is 0.220 e. The third kappa shape index (κ3) is 6.06. The number of ether oxygens (including phenoxy) is 1. The van der Waals surface area contributed by atoms with Gasteiger partial charge in [0, 0.05) is 44.6 Å². The van der Waals surface area contributed by atoms with E-state index in [0.29, 0.717) is 48.6 Å². The fourth-order valence-electron chi connectivity index (χ4n) is 3.33. The van der Waals surface area contributed by atoms with Crippen molar-refractivity contribution in [2.45, 2.75) is 32.8 Å². The number of carbonyl (C=O) groups is 1. The first kappa shape index (κ1) is 20.8. The summed E-state index contributed by atoms with van der Waals surface area (Å²) in [6.45, 7) is 8.56. The van der Waals surface area contributed by atoms with Gasteiger partial charge in [-0.2, -0.15) is 0 Å². The molecule has 0 aliphatic carbocycles. The van der Waals surface area contributed by atoms with Crippen molar-refractivity contribution < 1.29 is 13.9 Å². The lowest BCUT2D eigenvalue weighted by Gasteiger charge is -2.33. The molecule has 1 aromatic heterocycles. The Morgan fingerprint density at radius 2 is 2.21 bits per heavy atom. The number of oxazole rings is 1. The fraction of sp³-hybridized carbons (Fsp3) is 0.524. The minimum absolute atomic E-state index is 0.0259. The van der Waals surface area contributed by atoms with E-state index in [1.54, 1.807) is 6.20 Å². The predicted molar refractivity (Wildman–Crippen MR) is 109 cm³/mol. The van der Waals surface area contributed by atoms with Crippen molar-refractivity contribution in [1.29, 1.82) is 0 Å². The highest BCUT2D eigenvalue weighted by Gasteiger charge is 2.21. The Kier molecular flexibility index (Phi) is 7.48. The van der Waals surface area contributed by atoms with Crippen LogP contribution in [0.25, 0.3) is 11.3 Å². The van der Waals surface area contributed by atoms with Crippen molar-refractivity contribution in [3.63, 3.8) is 0 Å². The van der Waals surface area contributed by atoms with Gasteiger partial charge in [-0.25, -0.2) is 4.98 Å². The Hall–Kier alpha value is -1.89. The molecule has 1 fully saturated rings. The molecule has 0 spiro atoms. The van der Waals surface area contributed by atoms with E-state index in [2.05, 4.69) is 29.0 Å². The number of amides is 1. The van der Waals surface area contributed by atoms with Gasteiger partial charge in [-0.1, -0.05) is 37.6 Å². The summed E-state index contributed by atoms with van der Waals surface area (Å²) in [5.74, 6) is 1.75. The van der Waals surface area contributed by atoms with Gasteiger partial charge >= 0.3 is 0 Å². The Labute approximate surface area is 171 Å². The van der Waals surface area contributed by atoms with Gasteiger partial charge in [0.15, 0.2) is 11.7 Å². The van der Waals surface area contributed by atoms with E-state index in [-0.39, 0.29) is 12.0 Å². The summed E-state index contributed by atoms with van der Waals surface area (Å²) >= 11 is 6.18. The Morgan fingerprint density at radius 1 is 1.39 bits per heavy atom. The third-order valence-corrected chi connectivity index (χ3v) is 4.96. The van der Waals surface area contributed by atoms with Crippen LogP contribution in [0.4, 0.5) is 0 Å². The molecule has 1 saturated heterocycles. The molecule has 3 rings (SSSR count). The zero-order valence-electron chi connectivity index (χ0n) is 16.5. The molecule has 6 nitrogen and oxygen atoms in total. The lowest BCUT2D eigenvalue weighted by molar-refractivity contribution is -0.122. The van der Waals surface area contributed by atoms with Crippen molar-refractivity contribution >= 4 is 17.5 Å². The normalized spacial score (nSPS) is 17.8. The van der Waals surface area contributed by atoms with Crippen LogP contribution >= 0.6 is 11.6 Å². The van der Waals surface area contributed by atoms with Crippen LogP contribution in [0.3, 0.4) is 0 Å². The zero-order chi connectivity index (χ0) is 19.9. The Balaban J connectivity index is 1.42. The van der Waals surface area contributed by atoms with Gasteiger partial charge in [-0.05, 0) is 18.1 Å². The molecule has 1 N–H and O–H groups in total. The maximum absolute atomic E-state index is 12.2. The quantitative estimate of drug-likeness (QED) is 0.729. The lowest BCUT2D eigenvalue weighted by Crippen LogP contribution is -2.48. The maximum atomic E-state index is 12.2. The number of hydrogen-bond donors (Lipinski definition) is 1. The SMILES string of the molecule is CC(C)CN1CCOC(CNC(=O)CCc2ncc(-c3ccccc3Cl)o2)C1. The van der Waals surface area contributed by atoms with Gasteiger partial charge in [-0.3, -0.25) is 9.69 Å². The number of aryl methyl sites for hydroxylation is 1. The second-order valence-corrected chi connectivity index (χ2v) is 7.96. The van der Waals surface area contributed by atoms with Crippen LogP contribution < -0.4 is 5.32 Å². The average molecular weight is 406 g/mol. The number of halogens is 1. The Morgan fingerprint density at radius 3 is 3.00 bits per heavy atom. The van der Waals surface area contributed by atoms with Crippen LogP contribution in [0.2, 0.25) is 5.02 Å². The van der Waals surface area contributed by atoms with E-state index >= 15 is 0 Å². The van der Waals surface area contributed by atoms with Crippen molar-refractivity contribution in [2.24, 2.45) is 5.92 Å². The van der Waals surface area contributed by atoms with Gasteiger partial charge < -0.3 is 14.5 Å². The van der Waals surface area contributed by atoms with Gasteiger partial charge in [0.25, 0.3) is 0 Å². The number of carbonyl (C=O) groups excluding carboxylic acids is 1. The molecule has 1 aliphatic rings. The van der Waals surface area contributed by atoms with Crippen molar-refractivity contribution in [3.05, 3.63) is 41.4 Å². The van der Waals surface area contributed by atoms with Crippen LogP contribution in [0.1, 0.15) is 26.2 Å². The highest BCUT2D eigenvalue weighted by Crippen LogP contribution is 2.28. The molecular formula is C21H28ClN3O3. The van der Waals surface area contributed by atoms with Crippen molar-refractivity contribution in [2.75, 3.05) is 32.8 Å². The number of hydrogen-bond acceptors (Lipinski definition) is 5. The third-order valence-electron chi connectivity index (χ3n) is 4.63. The first-order chi connectivity index (χ1) is 13.5. The molecule has 1 unspecified atom stereocenters. The highest BCUT2D eigenvalue weighted by molar-refractivity contribution is 6.33. The molecule has 1 aliphatic heterocycles. The molecule has 2 heterocycles. The molecule has 152 valence electrons. The number of morpholine rings is 1. The number of benzene rings is 1. The summed E-state index contributed by atoms with van der Waals surface area (Å²) in [5, 5.41) is 3.58. The van der Waals surface area contributed by atoms with E-state index in [1.165, 1.54) is 0 Å². The van der Waals surface area contributed by atoms with Crippen LogP contribution in [-0.4, -0.2) is 54.7 Å². The number of rotatable bonds is 8. The second-order valence-electron chi connectivity index (χ2n) is 7.55. The summed E-state index contributed by atoms with van der Waals surface area (Å²) in [6, 6.07) is 7.45. The lowest BCUT2D eigenvalue weighted by atomic mass is 10.2. The van der Waals surface area contributed by atoms with Gasteiger partial charge in [0.05, 0.1) is 23.9 Å². The minimum atomic E-state index is -0.0259. The summed E-state index contributed by atoms with van der Waals surface area (Å²) in [4.78, 5) is 18.8. The molecule has 1 aromatic carbocycles. The van der Waals surface area contributed by atoms with Crippen LogP contribution in [0.5, 0.6) is 0 Å². The largest absolute Gasteiger partial charge is 0.441 e. The van der Waals surface area contributed by atoms with E-state index < -0.39 is 0 Å². The van der Waals surface area contributed by atoms with Gasteiger partial charge in [0.1, 0.15) is 0 Å². The summed E-state index contributed by atoms with van der Waals surface area (Å²) in [5.41, 5.74) is 0.799. The van der Waals surface area contributed by atoms with Crippen molar-refractivity contribution in [1.82, 2.24) is 15.2 Å². The standard InChI is InChI=1S/C21H28ClN3O3/c1-15(2)13-25-9-10-27-16(14-25)11-23-20(26)7-8-21-24-12-19(28-21)17-5-3-4-6-18(17)22/h3-6,12,15-16H,7-11,13-14H2,1-2H3,(H,23,26). The molecule has 1 amide bonds. The van der Waals surface area contributed by atoms with Gasteiger partial charge in [-0.15, -0.1) is 0 Å². The molecule has 2 aromatic rings. The molecule has 7 heteroatoms. The predicted octanol–water partition coefficient (Wildman–Crippen LogP) is 3.40. The van der Waals surface area contributed by atoms with E-state index in [4.69, 9.17) is 20.8 Å². The summed E-state index contributed by atoms with van der Waals surface area (Å²) < 4.78 is 11.5. The number of nitrogens with one attached hydrogen (secondary N) is 1. The van der Waals surface area contributed by atoms with Crippen molar-refractivity contribution in [3.8, 4) is 11.3 Å². The zero-order valence-corrected chi connectivity index (χ0v) is 17.2. The summed E-state index contributed by atoms with van der Waals surface area (Å²) in [6.07, 6.45) is 2.46. The average Bonchev–Trinajstić information content (AvgIpc) is 3.14. The van der Waals surface area contributed by atoms with E-state index in [0.717, 1.165) is 25.2 Å². The molecular weight excluding hydrogens is 378 g/mol. The first-order valence-electron chi connectivity index (χ1n) is 9.81. The number of aromatic nitrogens is 1.